The zero-order chi connectivity index (χ0) is 25.5. The summed E-state index contributed by atoms with van der Waals surface area (Å²) < 4.78 is 81.8. The van der Waals surface area contributed by atoms with Crippen molar-refractivity contribution < 1.29 is 39.4 Å². The zero-order valence-corrected chi connectivity index (χ0v) is 17.3. The van der Waals surface area contributed by atoms with Crippen molar-refractivity contribution in [1.29, 1.82) is 0 Å². The second kappa shape index (κ2) is 8.58. The summed E-state index contributed by atoms with van der Waals surface area (Å²) in [6, 6.07) is -1.24. The molecule has 0 aromatic heterocycles. The fourth-order valence-electron chi connectivity index (χ4n) is 2.95. The lowest BCUT2D eigenvalue weighted by molar-refractivity contribution is -0.149. The van der Waals surface area contributed by atoms with E-state index in [1.165, 1.54) is 0 Å². The largest absolute Gasteiger partial charge is 0.460 e. The third-order valence-corrected chi connectivity index (χ3v) is 4.64. The maximum atomic E-state index is 14.1. The molecule has 1 aliphatic carbocycles. The molecule has 1 fully saturated rings. The minimum Gasteiger partial charge on any atom is -0.460 e. The zero-order valence-electron chi connectivity index (χ0n) is 19.3. The quantitative estimate of drug-likeness (QED) is 0.111. The van der Waals surface area contributed by atoms with Crippen LogP contribution in [0.5, 0.6) is 0 Å². The molecular formula is C20H21F4N3O4. The van der Waals surface area contributed by atoms with Gasteiger partial charge in [-0.05, 0) is 37.6 Å². The van der Waals surface area contributed by atoms with Gasteiger partial charge in [-0.3, -0.25) is 4.79 Å². The third kappa shape index (κ3) is 5.16. The molecule has 11 heteroatoms. The van der Waals surface area contributed by atoms with Gasteiger partial charge in [0.2, 0.25) is 0 Å². The van der Waals surface area contributed by atoms with Crippen LogP contribution in [0.25, 0.3) is 10.4 Å². The fraction of sp³-hybridized carbons (Fsp3) is 0.500. The van der Waals surface area contributed by atoms with Gasteiger partial charge in [-0.2, -0.15) is 0 Å². The van der Waals surface area contributed by atoms with Crippen LogP contribution in [0.3, 0.4) is 0 Å². The molecular weight excluding hydrogens is 422 g/mol. The van der Waals surface area contributed by atoms with Crippen molar-refractivity contribution in [3.05, 3.63) is 51.4 Å². The Morgan fingerprint density at radius 3 is 2.23 bits per heavy atom. The minimum absolute atomic E-state index is 0.482. The Labute approximate surface area is 178 Å². The van der Waals surface area contributed by atoms with E-state index in [-0.39, 0.29) is 0 Å². The summed E-state index contributed by atoms with van der Waals surface area (Å²) in [5, 5.41) is 2.56. The van der Waals surface area contributed by atoms with Crippen molar-refractivity contribution >= 4 is 17.6 Å². The summed E-state index contributed by atoms with van der Waals surface area (Å²) in [6.07, 6.45) is 0. The van der Waals surface area contributed by atoms with Crippen LogP contribution in [0, 0.1) is 40.5 Å². The first-order chi connectivity index (χ1) is 15.1. The van der Waals surface area contributed by atoms with Crippen LogP contribution in [0.1, 0.15) is 42.9 Å². The van der Waals surface area contributed by atoms with Crippen LogP contribution in [-0.2, 0) is 25.7 Å². The van der Waals surface area contributed by atoms with Gasteiger partial charge in [0.1, 0.15) is 17.9 Å². The van der Waals surface area contributed by atoms with Crippen molar-refractivity contribution in [1.82, 2.24) is 0 Å². The summed E-state index contributed by atoms with van der Waals surface area (Å²) in [5.41, 5.74) is 3.67. The molecule has 0 amide bonds. The molecule has 168 valence electrons. The van der Waals surface area contributed by atoms with Gasteiger partial charge >= 0.3 is 11.9 Å². The van der Waals surface area contributed by atoms with Crippen molar-refractivity contribution in [2.24, 2.45) is 22.4 Å². The SMILES string of the molecule is [3H]/C(C(=O)OC(C)(C)C)=C(\[3H])[C@H]1[C@@H](C(=O)OCc2c(F)c(F)c(N=[N+]=[N-])c(F)c2F)C1(C)C. The number of hydrogen-bond acceptors (Lipinski definition) is 5. The molecule has 2 atom stereocenters. The Bertz CT molecular complexity index is 1070. The first-order valence-corrected chi connectivity index (χ1v) is 9.03. The molecule has 1 aliphatic rings. The number of allylic oxidation sites excluding steroid dienone is 1. The number of benzene rings is 1. The predicted octanol–water partition coefficient (Wildman–Crippen LogP) is 5.40. The average molecular weight is 447 g/mol. The van der Waals surface area contributed by atoms with Gasteiger partial charge in [-0.1, -0.05) is 25.0 Å². The summed E-state index contributed by atoms with van der Waals surface area (Å²) >= 11 is 0. The normalized spacial score (nSPS) is 21.2. The van der Waals surface area contributed by atoms with Gasteiger partial charge in [0.15, 0.2) is 23.3 Å². The van der Waals surface area contributed by atoms with Crippen molar-refractivity contribution in [2.75, 3.05) is 0 Å². The Morgan fingerprint density at radius 2 is 1.74 bits per heavy atom. The molecule has 1 aromatic rings. The lowest BCUT2D eigenvalue weighted by atomic mass is 10.1. The molecule has 0 spiro atoms. The van der Waals surface area contributed by atoms with E-state index in [9.17, 15) is 27.2 Å². The molecule has 31 heavy (non-hydrogen) atoms. The molecule has 0 bridgehead atoms. The maximum Gasteiger partial charge on any atom is 0.330 e. The standard InChI is InChI=1S/C20H21F4N3O4/c1-19(2,3)31-11(28)7-6-10-12(20(10,4)5)18(29)30-8-9-13(21)15(23)17(26-27-25)16(24)14(9)22/h6-7,10,12H,8H2,1-5H3/b7-6-/t10-,12-/m0/s1/i6T,7T. The van der Waals surface area contributed by atoms with E-state index in [2.05, 4.69) is 10.0 Å². The number of carbonyl (C=O) groups excluding carboxylic acids is 2. The van der Waals surface area contributed by atoms with Crippen molar-refractivity contribution in [2.45, 2.75) is 46.8 Å². The summed E-state index contributed by atoms with van der Waals surface area (Å²) in [7, 11) is 0. The first-order valence-electron chi connectivity index (χ1n) is 10.0. The van der Waals surface area contributed by atoms with Crippen LogP contribution in [0.4, 0.5) is 23.2 Å². The monoisotopic (exact) mass is 447 g/mol. The molecule has 1 saturated carbocycles. The van der Waals surface area contributed by atoms with Crippen LogP contribution in [-0.4, -0.2) is 17.5 Å². The van der Waals surface area contributed by atoms with Crippen molar-refractivity contribution in [3.63, 3.8) is 0 Å². The predicted molar refractivity (Wildman–Crippen MR) is 101 cm³/mol. The average Bonchev–Trinajstić information content (AvgIpc) is 3.29. The Hall–Kier alpha value is -3.07. The highest BCUT2D eigenvalue weighted by atomic mass is 19.2. The number of azide groups is 1. The van der Waals surface area contributed by atoms with Crippen LogP contribution >= 0.6 is 0 Å². The molecule has 7 nitrogen and oxygen atoms in total. The topological polar surface area (TPSA) is 101 Å². The minimum atomic E-state index is -1.95. The van der Waals surface area contributed by atoms with E-state index in [0.717, 1.165) is 0 Å². The molecule has 0 N–H and O–H groups in total. The Kier molecular flexibility index (Phi) is 5.86. The Balaban J connectivity index is 2.23. The Morgan fingerprint density at radius 1 is 1.19 bits per heavy atom. The fourth-order valence-corrected chi connectivity index (χ4v) is 2.95. The number of esters is 2. The summed E-state index contributed by atoms with van der Waals surface area (Å²) in [6.45, 7) is 6.65. The second-order valence-corrected chi connectivity index (χ2v) is 8.43. The van der Waals surface area contributed by atoms with Crippen LogP contribution < -0.4 is 0 Å². The van der Waals surface area contributed by atoms with E-state index < -0.39 is 88.0 Å². The number of nitrogens with zero attached hydrogens (tertiary/aromatic N) is 3. The van der Waals surface area contributed by atoms with Crippen molar-refractivity contribution in [3.8, 4) is 0 Å². The second-order valence-electron chi connectivity index (χ2n) is 8.43. The molecule has 0 aliphatic heterocycles. The van der Waals surface area contributed by atoms with E-state index in [0.29, 0.717) is 0 Å². The van der Waals surface area contributed by atoms with Gasteiger partial charge in [-0.25, -0.2) is 22.4 Å². The smallest absolute Gasteiger partial charge is 0.330 e. The van der Waals surface area contributed by atoms with Crippen LogP contribution in [0.15, 0.2) is 17.2 Å². The third-order valence-electron chi connectivity index (χ3n) is 4.64. The van der Waals surface area contributed by atoms with E-state index in [4.69, 9.17) is 17.7 Å². The number of ether oxygens (including phenoxy) is 2. The highest BCUT2D eigenvalue weighted by Gasteiger charge is 2.61. The van der Waals surface area contributed by atoms with E-state index >= 15 is 0 Å². The first kappa shape index (κ1) is 21.2. The van der Waals surface area contributed by atoms with Crippen LogP contribution in [0.2, 0.25) is 0 Å². The van der Waals surface area contributed by atoms with Gasteiger partial charge < -0.3 is 9.47 Å². The van der Waals surface area contributed by atoms with Gasteiger partial charge in [0.05, 0.1) is 14.2 Å². The van der Waals surface area contributed by atoms with Gasteiger partial charge in [0, 0.05) is 11.0 Å². The highest BCUT2D eigenvalue weighted by molar-refractivity contribution is 5.83. The summed E-state index contributed by atoms with van der Waals surface area (Å²) in [5.74, 6) is -11.8. The summed E-state index contributed by atoms with van der Waals surface area (Å²) in [4.78, 5) is 26.6. The molecule has 0 heterocycles. The van der Waals surface area contributed by atoms with Gasteiger partial charge in [-0.15, -0.1) is 0 Å². The molecule has 2 rings (SSSR count). The number of halogens is 4. The molecule has 0 radical (unpaired) electrons. The van der Waals surface area contributed by atoms with E-state index in [1.54, 1.807) is 34.6 Å². The maximum absolute atomic E-state index is 14.1. The lowest BCUT2D eigenvalue weighted by Gasteiger charge is -2.17. The number of rotatable bonds is 6. The molecule has 0 saturated heterocycles. The molecule has 1 aromatic carbocycles. The number of hydrogen-bond donors (Lipinski definition) is 0. The molecule has 0 unspecified atom stereocenters. The van der Waals surface area contributed by atoms with E-state index in [1.807, 2.05) is 0 Å². The highest BCUT2D eigenvalue weighted by Crippen LogP contribution is 2.59. The number of carbonyl (C=O) groups is 2. The lowest BCUT2D eigenvalue weighted by Crippen LogP contribution is -2.22. The van der Waals surface area contributed by atoms with Gasteiger partial charge in [0.25, 0.3) is 0 Å².